The molecule has 0 saturated heterocycles. The molecule has 0 N–H and O–H groups in total. The van der Waals surface area contributed by atoms with Crippen LogP contribution in [-0.4, -0.2) is 152 Å². The van der Waals surface area contributed by atoms with Crippen molar-refractivity contribution in [3.63, 3.8) is 0 Å². The minimum atomic E-state index is -3.92. The SMILES string of the molecule is CS(=O)(=O)[O-].CS(=O)(=O)[O-].CS(=O)(=O)[O-].CS(=O)(=O)[O-].[Ca+2].[Ca+2]. The Labute approximate surface area is 190 Å². The summed E-state index contributed by atoms with van der Waals surface area (Å²) >= 11 is 0. The van der Waals surface area contributed by atoms with Crippen LogP contribution >= 0.6 is 0 Å². The average molecular weight is 461 g/mol. The molecule has 0 heterocycles. The molecule has 0 spiro atoms. The van der Waals surface area contributed by atoms with E-state index in [1.54, 1.807) is 0 Å². The Kier molecular flexibility index (Phi) is 29.7. The molecule has 18 heteroatoms. The molecule has 0 fully saturated rings. The molecule has 0 radical (unpaired) electrons. The first-order valence-corrected chi connectivity index (χ1v) is 10.9. The Morgan fingerprint density at radius 2 is 0.409 bits per heavy atom. The fourth-order valence-corrected chi connectivity index (χ4v) is 0. The van der Waals surface area contributed by atoms with Gasteiger partial charge in [-0.15, -0.1) is 0 Å². The average Bonchev–Trinajstić information content (AvgIpc) is 1.62. The van der Waals surface area contributed by atoms with Gasteiger partial charge in [-0.1, -0.05) is 0 Å². The molecule has 0 aliphatic rings. The van der Waals surface area contributed by atoms with Gasteiger partial charge in [0.15, 0.2) is 0 Å². The zero-order valence-electron chi connectivity index (χ0n) is 11.9. The van der Waals surface area contributed by atoms with Crippen molar-refractivity contribution in [2.75, 3.05) is 25.0 Å². The Morgan fingerprint density at radius 1 is 0.409 bits per heavy atom. The molecule has 0 saturated carbocycles. The van der Waals surface area contributed by atoms with Gasteiger partial charge < -0.3 is 18.2 Å². The third-order valence-corrected chi connectivity index (χ3v) is 0. The summed E-state index contributed by atoms with van der Waals surface area (Å²) in [7, 11) is -15.7. The van der Waals surface area contributed by atoms with Gasteiger partial charge in [0.1, 0.15) is 0 Å². The molecule has 0 aliphatic heterocycles. The first-order chi connectivity index (χ1) is 8.00. The molecule has 0 rings (SSSR count). The van der Waals surface area contributed by atoms with E-state index < -0.39 is 40.5 Å². The third kappa shape index (κ3) is 2130. The molecule has 0 aromatic heterocycles. The molecule has 0 aliphatic carbocycles. The van der Waals surface area contributed by atoms with Crippen molar-refractivity contribution in [3.8, 4) is 0 Å². The van der Waals surface area contributed by atoms with Gasteiger partial charge in [0, 0.05) is 25.0 Å². The van der Waals surface area contributed by atoms with E-state index in [2.05, 4.69) is 0 Å². The molecule has 22 heavy (non-hydrogen) atoms. The Bertz CT molecular complexity index is 490. The minimum absolute atomic E-state index is 0. The first kappa shape index (κ1) is 39.3. The van der Waals surface area contributed by atoms with Crippen molar-refractivity contribution in [3.05, 3.63) is 0 Å². The van der Waals surface area contributed by atoms with E-state index in [4.69, 9.17) is 51.9 Å². The molecule has 0 unspecified atom stereocenters. The van der Waals surface area contributed by atoms with Gasteiger partial charge in [-0.25, -0.2) is 33.7 Å². The Hall–Kier alpha value is 2.16. The van der Waals surface area contributed by atoms with E-state index in [1.807, 2.05) is 0 Å². The normalized spacial score (nSPS) is 10.5. The molecular formula is C4H12Ca2O12S4. The number of hydrogen-bond acceptors (Lipinski definition) is 12. The molecule has 12 nitrogen and oxygen atoms in total. The van der Waals surface area contributed by atoms with Crippen LogP contribution in [0.4, 0.5) is 0 Å². The van der Waals surface area contributed by atoms with Gasteiger partial charge in [0.25, 0.3) is 0 Å². The minimum Gasteiger partial charge on any atom is -0.748 e. The van der Waals surface area contributed by atoms with Crippen LogP contribution in [0.1, 0.15) is 0 Å². The molecular weight excluding hydrogens is 448 g/mol. The van der Waals surface area contributed by atoms with E-state index in [1.165, 1.54) is 0 Å². The molecule has 0 atom stereocenters. The van der Waals surface area contributed by atoms with Crippen LogP contribution in [0.2, 0.25) is 0 Å². The van der Waals surface area contributed by atoms with Gasteiger partial charge in [-0.2, -0.15) is 0 Å². The summed E-state index contributed by atoms with van der Waals surface area (Å²) in [6.45, 7) is 0. The molecule has 128 valence electrons. The predicted octanol–water partition coefficient (Wildman–Crippen LogP) is -4.12. The second-order valence-corrected chi connectivity index (χ2v) is 8.45. The molecule has 0 aromatic rings. The summed E-state index contributed by atoms with van der Waals surface area (Å²) in [5.74, 6) is 0. The smallest absolute Gasteiger partial charge is 0.748 e. The second-order valence-electron chi connectivity index (χ2n) is 2.82. The second kappa shape index (κ2) is 16.6. The summed E-state index contributed by atoms with van der Waals surface area (Å²) in [6.07, 6.45) is 2.42. The van der Waals surface area contributed by atoms with Crippen LogP contribution in [0, 0.1) is 0 Å². The van der Waals surface area contributed by atoms with Crippen LogP contribution in [0.25, 0.3) is 0 Å². The van der Waals surface area contributed by atoms with Crippen LogP contribution in [0.5, 0.6) is 0 Å². The first-order valence-electron chi connectivity index (χ1n) is 3.63. The van der Waals surface area contributed by atoms with Crippen LogP contribution in [0.3, 0.4) is 0 Å². The Balaban J connectivity index is -0.0000000376. The summed E-state index contributed by atoms with van der Waals surface area (Å²) in [6, 6.07) is 0. The maximum absolute atomic E-state index is 9.08. The van der Waals surface area contributed by atoms with E-state index in [0.29, 0.717) is 25.0 Å². The van der Waals surface area contributed by atoms with E-state index in [9.17, 15) is 0 Å². The van der Waals surface area contributed by atoms with Gasteiger partial charge in [0.05, 0.1) is 40.5 Å². The predicted molar refractivity (Wildman–Crippen MR) is 74.0 cm³/mol. The third-order valence-electron chi connectivity index (χ3n) is 0. The molecule has 0 amide bonds. The zero-order valence-corrected chi connectivity index (χ0v) is 19.6. The maximum atomic E-state index is 9.08. The molecule has 0 bridgehead atoms. The summed E-state index contributed by atoms with van der Waals surface area (Å²) in [5, 5.41) is 0. The summed E-state index contributed by atoms with van der Waals surface area (Å²) < 4.78 is 109. The fourth-order valence-electron chi connectivity index (χ4n) is 0. The van der Waals surface area contributed by atoms with Crippen molar-refractivity contribution in [1.29, 1.82) is 0 Å². The number of rotatable bonds is 0. The standard InChI is InChI=1S/4CH4O3S.2Ca/c4*1-5(2,3)4;;/h4*1H3,(H,2,3,4);;/q;;;;2*+2/p-4. The van der Waals surface area contributed by atoms with Crippen LogP contribution in [-0.2, 0) is 40.5 Å². The zero-order chi connectivity index (χ0) is 18.0. The van der Waals surface area contributed by atoms with E-state index >= 15 is 0 Å². The van der Waals surface area contributed by atoms with E-state index in [0.717, 1.165) is 0 Å². The quantitative estimate of drug-likeness (QED) is 0.248. The van der Waals surface area contributed by atoms with Crippen molar-refractivity contribution in [2.24, 2.45) is 0 Å². The van der Waals surface area contributed by atoms with Crippen molar-refractivity contribution in [1.82, 2.24) is 0 Å². The van der Waals surface area contributed by atoms with Gasteiger partial charge >= 0.3 is 75.5 Å². The largest absolute Gasteiger partial charge is 2.00 e. The number of hydrogen-bond donors (Lipinski definition) is 0. The van der Waals surface area contributed by atoms with Gasteiger partial charge in [0.2, 0.25) is 0 Å². The van der Waals surface area contributed by atoms with Crippen LogP contribution < -0.4 is 0 Å². The Morgan fingerprint density at radius 3 is 0.409 bits per heavy atom. The maximum Gasteiger partial charge on any atom is 2.00 e. The van der Waals surface area contributed by atoms with E-state index in [-0.39, 0.29) is 75.5 Å². The van der Waals surface area contributed by atoms with Crippen LogP contribution in [0.15, 0.2) is 0 Å². The van der Waals surface area contributed by atoms with Crippen molar-refractivity contribution in [2.45, 2.75) is 0 Å². The summed E-state index contributed by atoms with van der Waals surface area (Å²) in [4.78, 5) is 0. The monoisotopic (exact) mass is 460 g/mol. The van der Waals surface area contributed by atoms with Gasteiger partial charge in [-0.3, -0.25) is 0 Å². The van der Waals surface area contributed by atoms with Crippen molar-refractivity contribution < 1.29 is 51.9 Å². The van der Waals surface area contributed by atoms with Crippen molar-refractivity contribution >= 4 is 116 Å². The summed E-state index contributed by atoms with van der Waals surface area (Å²) in [5.41, 5.74) is 0. The topological polar surface area (TPSA) is 229 Å². The molecule has 0 aromatic carbocycles. The van der Waals surface area contributed by atoms with Gasteiger partial charge in [-0.05, 0) is 0 Å². The fraction of sp³-hybridized carbons (Fsp3) is 1.00.